The second-order valence-electron chi connectivity index (χ2n) is 17.5. The van der Waals surface area contributed by atoms with Crippen molar-refractivity contribution < 1.29 is 68.3 Å². The Kier molecular flexibility index (Phi) is 38.8. The maximum atomic E-state index is 1.58. The number of rotatable bonds is 7. The van der Waals surface area contributed by atoms with Crippen molar-refractivity contribution in [3.05, 3.63) is 0 Å². The summed E-state index contributed by atoms with van der Waals surface area (Å²) >= 11 is 0. The molecule has 8 saturated carbocycles. The Labute approximate surface area is 352 Å². The standard InChI is InChI=1S/C12H22.2C11H20.2C5H10.CH4.4Fe/c1-2-6-11(5-1)9-10-12-7-3-4-8-12;2*1-2-6-10(5-1)9-11-7-3-4-8-11;2*1-2-4-5-3-1;;;;;/h11-12H,1-10H2;2*10-11H,1-9H2;2*1-5H2;1H4;;;;. The van der Waals surface area contributed by atoms with E-state index in [1.807, 2.05) is 0 Å². The molecule has 8 fully saturated rings. The molecule has 0 aromatic rings. The van der Waals surface area contributed by atoms with Crippen molar-refractivity contribution in [3.8, 4) is 0 Å². The van der Waals surface area contributed by atoms with Gasteiger partial charge in [0.2, 0.25) is 0 Å². The second kappa shape index (κ2) is 35.8. The van der Waals surface area contributed by atoms with Crippen molar-refractivity contribution in [1.82, 2.24) is 0 Å². The maximum absolute atomic E-state index is 1.58. The van der Waals surface area contributed by atoms with E-state index in [0.29, 0.717) is 0 Å². The van der Waals surface area contributed by atoms with E-state index in [-0.39, 0.29) is 75.7 Å². The first-order valence-electron chi connectivity index (χ1n) is 21.8. The van der Waals surface area contributed by atoms with Crippen LogP contribution >= 0.6 is 0 Å². The average Bonchev–Trinajstić information content (AvgIpc) is 3.91. The van der Waals surface area contributed by atoms with Crippen molar-refractivity contribution in [2.75, 3.05) is 0 Å². The van der Waals surface area contributed by atoms with Crippen molar-refractivity contribution in [2.45, 2.75) is 251 Å². The Morgan fingerprint density at radius 2 is 0.347 bits per heavy atom. The molecule has 0 aromatic heterocycles. The smallest absolute Gasteiger partial charge is 0 e. The number of hydrogen-bond donors (Lipinski definition) is 0. The van der Waals surface area contributed by atoms with Crippen LogP contribution in [0, 0.1) is 35.5 Å². The first-order chi connectivity index (χ1) is 21.8. The van der Waals surface area contributed by atoms with E-state index in [0.717, 1.165) is 35.5 Å². The second-order valence-corrected chi connectivity index (χ2v) is 17.5. The monoisotopic (exact) mass is 850 g/mol. The summed E-state index contributed by atoms with van der Waals surface area (Å²) in [4.78, 5) is 0. The third-order valence-electron chi connectivity index (χ3n) is 13.7. The Hall–Kier alpha value is 2.08. The number of hydrogen-bond acceptors (Lipinski definition) is 0. The fourth-order valence-corrected chi connectivity index (χ4v) is 10.8. The molecule has 0 atom stereocenters. The summed E-state index contributed by atoms with van der Waals surface area (Å²) in [5, 5.41) is 0. The van der Waals surface area contributed by atoms with Gasteiger partial charge in [0.15, 0.2) is 0 Å². The average molecular weight is 851 g/mol. The largest absolute Gasteiger partial charge is 0.0776 e. The fraction of sp³-hybridized carbons (Fsp3) is 1.00. The molecule has 0 amide bonds. The molecule has 8 rings (SSSR count). The van der Waals surface area contributed by atoms with E-state index in [2.05, 4.69) is 0 Å². The van der Waals surface area contributed by atoms with Gasteiger partial charge in [-0.1, -0.05) is 239 Å². The van der Waals surface area contributed by atoms with Crippen LogP contribution in [0.2, 0.25) is 0 Å². The van der Waals surface area contributed by atoms with Gasteiger partial charge in [-0.15, -0.1) is 0 Å². The molecule has 49 heavy (non-hydrogen) atoms. The molecule has 4 heteroatoms. The van der Waals surface area contributed by atoms with E-state index in [1.54, 1.807) is 103 Å². The van der Waals surface area contributed by atoms with Gasteiger partial charge in [0.1, 0.15) is 0 Å². The Morgan fingerprint density at radius 1 is 0.204 bits per heavy atom. The minimum atomic E-state index is 0. The third-order valence-corrected chi connectivity index (χ3v) is 13.7. The molecule has 0 nitrogen and oxygen atoms in total. The van der Waals surface area contributed by atoms with Crippen molar-refractivity contribution >= 4 is 0 Å². The molecular formula is C45H86Fe4. The van der Waals surface area contributed by atoms with Crippen molar-refractivity contribution in [1.29, 1.82) is 0 Å². The van der Waals surface area contributed by atoms with E-state index in [4.69, 9.17) is 0 Å². The molecule has 0 unspecified atom stereocenters. The summed E-state index contributed by atoms with van der Waals surface area (Å²) < 4.78 is 0. The first kappa shape index (κ1) is 53.2. The topological polar surface area (TPSA) is 0 Å². The molecule has 8 aliphatic rings. The van der Waals surface area contributed by atoms with Crippen LogP contribution in [0.15, 0.2) is 0 Å². The zero-order chi connectivity index (χ0) is 30.3. The summed E-state index contributed by atoms with van der Waals surface area (Å²) in [5.74, 6) is 6.81. The molecule has 0 aromatic carbocycles. The van der Waals surface area contributed by atoms with Crippen LogP contribution in [0.25, 0.3) is 0 Å². The first-order valence-corrected chi connectivity index (χ1v) is 21.8. The zero-order valence-electron chi connectivity index (χ0n) is 31.7. The summed E-state index contributed by atoms with van der Waals surface area (Å²) in [6, 6.07) is 0. The normalized spacial score (nSPS) is 24.2. The van der Waals surface area contributed by atoms with Gasteiger partial charge in [-0.05, 0) is 48.3 Å². The molecule has 0 heterocycles. The van der Waals surface area contributed by atoms with Crippen LogP contribution in [0.3, 0.4) is 0 Å². The molecule has 0 saturated heterocycles. The van der Waals surface area contributed by atoms with Crippen LogP contribution in [0.1, 0.15) is 251 Å². The fourth-order valence-electron chi connectivity index (χ4n) is 10.8. The summed E-state index contributed by atoms with van der Waals surface area (Å²) in [6.07, 6.45) is 58.2. The molecular weight excluding hydrogens is 764 g/mol. The van der Waals surface area contributed by atoms with E-state index < -0.39 is 0 Å². The van der Waals surface area contributed by atoms with Gasteiger partial charge < -0.3 is 0 Å². The minimum absolute atomic E-state index is 0. The molecule has 8 aliphatic carbocycles. The summed E-state index contributed by atoms with van der Waals surface area (Å²) in [6.45, 7) is 0. The SMILES string of the molecule is C.C1CCC(CC2CCCC2)C1.C1CCC(CC2CCCC2)C1.C1CCC(CCC2CCCC2)C1.C1CCCC1.C1CCCC1.[Fe].[Fe].[Fe].[Fe]. The van der Waals surface area contributed by atoms with Gasteiger partial charge in [0.25, 0.3) is 0 Å². The van der Waals surface area contributed by atoms with Gasteiger partial charge in [0.05, 0.1) is 0 Å². The molecule has 0 bridgehead atoms. The quantitative estimate of drug-likeness (QED) is 0.224. The van der Waals surface area contributed by atoms with Gasteiger partial charge in [-0.3, -0.25) is 0 Å². The minimum Gasteiger partial charge on any atom is -0.0776 e. The van der Waals surface area contributed by atoms with Crippen molar-refractivity contribution in [3.63, 3.8) is 0 Å². The van der Waals surface area contributed by atoms with Crippen LogP contribution in [0.4, 0.5) is 0 Å². The van der Waals surface area contributed by atoms with E-state index >= 15 is 0 Å². The summed E-state index contributed by atoms with van der Waals surface area (Å²) in [5.41, 5.74) is 0. The van der Waals surface area contributed by atoms with Gasteiger partial charge in [-0.25, -0.2) is 0 Å². The summed E-state index contributed by atoms with van der Waals surface area (Å²) in [7, 11) is 0. The van der Waals surface area contributed by atoms with Crippen LogP contribution < -0.4 is 0 Å². The Balaban J connectivity index is 0. The van der Waals surface area contributed by atoms with Gasteiger partial charge in [0, 0.05) is 68.3 Å². The van der Waals surface area contributed by atoms with Crippen LogP contribution in [-0.4, -0.2) is 0 Å². The molecule has 0 radical (unpaired) electrons. The maximum Gasteiger partial charge on any atom is 0 e. The predicted molar refractivity (Wildman–Crippen MR) is 203 cm³/mol. The molecule has 0 spiro atoms. The van der Waals surface area contributed by atoms with Crippen LogP contribution in [0.5, 0.6) is 0 Å². The molecule has 298 valence electrons. The Bertz CT molecular complexity index is 527. The molecule has 0 N–H and O–H groups in total. The molecule has 0 aliphatic heterocycles. The van der Waals surface area contributed by atoms with E-state index in [1.165, 1.54) is 141 Å². The zero-order valence-corrected chi connectivity index (χ0v) is 36.2. The van der Waals surface area contributed by atoms with Crippen molar-refractivity contribution in [2.24, 2.45) is 35.5 Å². The van der Waals surface area contributed by atoms with Crippen LogP contribution in [-0.2, 0) is 68.3 Å². The third kappa shape index (κ3) is 25.7. The van der Waals surface area contributed by atoms with Gasteiger partial charge in [-0.2, -0.15) is 0 Å². The Morgan fingerprint density at radius 3 is 0.510 bits per heavy atom. The van der Waals surface area contributed by atoms with Gasteiger partial charge >= 0.3 is 0 Å². The van der Waals surface area contributed by atoms with E-state index in [9.17, 15) is 0 Å². The predicted octanol–water partition coefficient (Wildman–Crippen LogP) is 16.2.